The lowest BCUT2D eigenvalue weighted by molar-refractivity contribution is -0.374. The molecule has 113 heavy (non-hydrogen) atoms. The summed E-state index contributed by atoms with van der Waals surface area (Å²) in [5.74, 6) is 2.04. The highest BCUT2D eigenvalue weighted by Crippen LogP contribution is 2.76. The van der Waals surface area contributed by atoms with Crippen LogP contribution in [-0.2, 0) is 58.6 Å². The summed E-state index contributed by atoms with van der Waals surface area (Å²) < 4.78 is 82.6. The number of nitrogens with zero attached hydrogens (tertiary/aromatic N) is 1. The quantitative estimate of drug-likeness (QED) is 0.0408. The maximum absolute atomic E-state index is 15.4. The second kappa shape index (κ2) is 35.5. The number of carbonyl (C=O) groups is 1. The Balaban J connectivity index is 0.000000352. The Morgan fingerprint density at radius 3 is 1.72 bits per heavy atom. The van der Waals surface area contributed by atoms with Crippen molar-refractivity contribution in [1.82, 2.24) is 4.98 Å². The van der Waals surface area contributed by atoms with Gasteiger partial charge in [-0.05, 0) is 185 Å². The molecule has 14 N–H and O–H groups in total. The van der Waals surface area contributed by atoms with Gasteiger partial charge in [-0.15, -0.1) is 12.4 Å². The highest BCUT2D eigenvalue weighted by molar-refractivity contribution is 5.88. The van der Waals surface area contributed by atoms with Gasteiger partial charge in [-0.3, -0.25) is 9.78 Å². The van der Waals surface area contributed by atoms with Crippen molar-refractivity contribution in [3.8, 4) is 23.0 Å². The first-order valence-electron chi connectivity index (χ1n) is 40.2. The zero-order chi connectivity index (χ0) is 81.2. The highest BCUT2D eigenvalue weighted by atomic mass is 35.5. The first-order valence-corrected chi connectivity index (χ1v) is 40.2. The minimum atomic E-state index is -1.93. The van der Waals surface area contributed by atoms with Gasteiger partial charge in [-0.25, -0.2) is 0 Å². The van der Waals surface area contributed by atoms with E-state index < -0.39 is 195 Å². The molecule has 31 heteroatoms. The molecule has 10 aliphatic rings. The number of carbonyl (C=O) groups excluding carboxylic acids is 1. The predicted molar refractivity (Wildman–Crippen MR) is 405 cm³/mol. The van der Waals surface area contributed by atoms with Gasteiger partial charge in [0.15, 0.2) is 54.3 Å². The number of fused-ring (bicyclic) bond motifs is 8. The number of aliphatic hydroxyl groups is 14. The van der Waals surface area contributed by atoms with Crippen molar-refractivity contribution >= 4 is 29.1 Å². The number of hydrogen-bond donors (Lipinski definition) is 14. The number of hydrogen-bond acceptors (Lipinski definition) is 30. The van der Waals surface area contributed by atoms with Gasteiger partial charge in [0, 0.05) is 18.0 Å². The van der Waals surface area contributed by atoms with E-state index in [4.69, 9.17) is 66.3 Å². The molecular formula is C82H124ClNO29. The number of benzene rings is 2. The van der Waals surface area contributed by atoms with Crippen molar-refractivity contribution in [3.63, 3.8) is 0 Å². The van der Waals surface area contributed by atoms with Crippen LogP contribution in [0.2, 0.25) is 0 Å². The Hall–Kier alpha value is -4.37. The largest absolute Gasteiger partial charge is 0.490 e. The van der Waals surface area contributed by atoms with E-state index in [2.05, 4.69) is 65.6 Å². The van der Waals surface area contributed by atoms with Gasteiger partial charge in [0.05, 0.1) is 76.4 Å². The zero-order valence-corrected chi connectivity index (χ0v) is 67.9. The minimum absolute atomic E-state index is 0. The van der Waals surface area contributed by atoms with Gasteiger partial charge < -0.3 is 138 Å². The van der Waals surface area contributed by atoms with Crippen LogP contribution in [0, 0.1) is 50.2 Å². The van der Waals surface area contributed by atoms with Crippen molar-refractivity contribution in [1.29, 1.82) is 0 Å². The van der Waals surface area contributed by atoms with Crippen LogP contribution in [0.1, 0.15) is 159 Å². The number of rotatable bonds is 21. The summed E-state index contributed by atoms with van der Waals surface area (Å²) in [5, 5.41) is 155. The number of aliphatic hydroxyl groups excluding tert-OH is 14. The van der Waals surface area contributed by atoms with Crippen LogP contribution < -0.4 is 18.9 Å². The van der Waals surface area contributed by atoms with Crippen molar-refractivity contribution in [2.24, 2.45) is 50.2 Å². The molecule has 5 aliphatic heterocycles. The van der Waals surface area contributed by atoms with Gasteiger partial charge in [-0.1, -0.05) is 66.2 Å². The summed E-state index contributed by atoms with van der Waals surface area (Å²) in [5.41, 5.74) is -0.177. The number of esters is 1. The number of allylic oxidation sites excluding steroid dienone is 2. The summed E-state index contributed by atoms with van der Waals surface area (Å²) >= 11 is 0. The lowest BCUT2D eigenvalue weighted by atomic mass is 9.33. The van der Waals surface area contributed by atoms with Crippen molar-refractivity contribution in [2.75, 3.05) is 46.2 Å². The van der Waals surface area contributed by atoms with E-state index in [1.54, 1.807) is 6.92 Å². The average molecular weight is 1620 g/mol. The third-order valence-corrected chi connectivity index (χ3v) is 27.2. The van der Waals surface area contributed by atoms with E-state index in [1.165, 1.54) is 6.92 Å². The van der Waals surface area contributed by atoms with E-state index >= 15 is 4.79 Å². The Morgan fingerprint density at radius 1 is 0.540 bits per heavy atom. The molecule has 0 amide bonds. The molecule has 0 bridgehead atoms. The van der Waals surface area contributed by atoms with Gasteiger partial charge >= 0.3 is 5.97 Å². The predicted octanol–water partition coefficient (Wildman–Crippen LogP) is 3.94. The second-order valence-electron chi connectivity index (χ2n) is 34.7. The maximum Gasteiger partial charge on any atom is 0.317 e. The Kier molecular flexibility index (Phi) is 28.1. The molecule has 1 aromatic heterocycles. The van der Waals surface area contributed by atoms with E-state index in [0.29, 0.717) is 58.5 Å². The summed E-state index contributed by atoms with van der Waals surface area (Å²) in [4.78, 5) is 20.0. The van der Waals surface area contributed by atoms with Crippen LogP contribution in [0.5, 0.6) is 23.0 Å². The fourth-order valence-electron chi connectivity index (χ4n) is 20.8. The molecule has 13 rings (SSSR count). The molecule has 6 heterocycles. The van der Waals surface area contributed by atoms with Crippen LogP contribution >= 0.6 is 12.4 Å². The van der Waals surface area contributed by atoms with Crippen LogP contribution in [0.15, 0.2) is 54.2 Å². The van der Waals surface area contributed by atoms with Crippen molar-refractivity contribution < 1.29 is 143 Å². The van der Waals surface area contributed by atoms with Crippen LogP contribution in [0.25, 0.3) is 10.8 Å². The van der Waals surface area contributed by atoms with Crippen molar-refractivity contribution in [2.45, 2.75) is 308 Å². The standard InChI is InChI=1S/C58H94O25.C24H29NO4.ClH/c1-23-44(80-47-40(69)34(63)27(60)21-74-47)38(67)42(71)48(76-23)79-33-13-14-55(7)30(54(33,5)6)12-15-56(8)31(55)11-10-25-26-18-53(3,4)16-17-58(26,32(62)19-57(25,56)9)52(73)83-51-46(35(64)28(61)22-75-51)82-49-43(72)39(68)45(24(2)77-49)81-50-41(70)37(66)36(65)29(20-59)78-50;1-5-26-21-10-9-17(14-22(21)27-6-2)13-20-19-16-24(29-8-4)23(28-7-3)15-18(19)11-12-25-20;/h10,23-24,26-51,59-72H,11-22H2,1-9H3;9-12,14-16H,5-8,13H2,1-4H3;1H. The molecule has 4 saturated carbocycles. The Labute approximate surface area is 666 Å². The highest BCUT2D eigenvalue weighted by Gasteiger charge is 2.72. The van der Waals surface area contributed by atoms with Crippen LogP contribution in [0.3, 0.4) is 0 Å². The van der Waals surface area contributed by atoms with E-state index in [1.807, 2.05) is 64.2 Å². The molecule has 0 spiro atoms. The summed E-state index contributed by atoms with van der Waals surface area (Å²) in [6.07, 6.45) is -26.7. The fourth-order valence-corrected chi connectivity index (χ4v) is 20.8. The number of pyridine rings is 1. The lowest BCUT2D eigenvalue weighted by Gasteiger charge is -2.71. The summed E-state index contributed by atoms with van der Waals surface area (Å²) in [7, 11) is 0. The minimum Gasteiger partial charge on any atom is -0.490 e. The third-order valence-electron chi connectivity index (χ3n) is 27.2. The number of ether oxygens (including phenoxy) is 14. The van der Waals surface area contributed by atoms with Gasteiger partial charge in [0.1, 0.15) is 97.0 Å². The molecule has 5 aliphatic carbocycles. The molecule has 9 fully saturated rings. The monoisotopic (exact) mass is 1620 g/mol. The number of aromatic nitrogens is 1. The van der Waals surface area contributed by atoms with E-state index in [9.17, 15) is 71.5 Å². The van der Waals surface area contributed by atoms with Gasteiger partial charge in [-0.2, -0.15) is 0 Å². The maximum atomic E-state index is 15.4. The fraction of sp³-hybridized carbons (Fsp3) is 0.780. The third kappa shape index (κ3) is 16.8. The van der Waals surface area contributed by atoms with Crippen LogP contribution in [-0.4, -0.2) is 282 Å². The number of halogens is 1. The molecule has 5 saturated heterocycles. The molecule has 2 aromatic carbocycles. The molecule has 3 aromatic rings. The van der Waals surface area contributed by atoms with E-state index in [0.717, 1.165) is 69.9 Å². The van der Waals surface area contributed by atoms with E-state index in [-0.39, 0.29) is 59.9 Å². The molecule has 0 radical (unpaired) electrons. The van der Waals surface area contributed by atoms with Crippen molar-refractivity contribution in [3.05, 3.63) is 65.5 Å². The molecule has 32 atom stereocenters. The Bertz CT molecular complexity index is 3720. The summed E-state index contributed by atoms with van der Waals surface area (Å²) in [6.45, 7) is 27.4. The van der Waals surface area contributed by atoms with Gasteiger partial charge in [0.25, 0.3) is 0 Å². The topological polar surface area (TPSA) is 442 Å². The zero-order valence-electron chi connectivity index (χ0n) is 67.0. The summed E-state index contributed by atoms with van der Waals surface area (Å²) in [6, 6.07) is 12.1. The molecule has 638 valence electrons. The Morgan fingerprint density at radius 2 is 1.09 bits per heavy atom. The first-order chi connectivity index (χ1) is 53.0. The first kappa shape index (κ1) is 89.4. The molecule has 32 unspecified atom stereocenters. The lowest BCUT2D eigenvalue weighted by Crippen LogP contribution is -2.68. The normalized spacial score (nSPS) is 43.3. The van der Waals surface area contributed by atoms with Gasteiger partial charge in [0.2, 0.25) is 6.29 Å². The average Bonchev–Trinajstić information content (AvgIpc) is 0.670. The smallest absolute Gasteiger partial charge is 0.317 e. The van der Waals surface area contributed by atoms with Crippen LogP contribution in [0.4, 0.5) is 0 Å². The molecule has 30 nitrogen and oxygen atoms in total. The molecular weight excluding hydrogens is 1500 g/mol. The SMILES string of the molecule is CC1OC(OC2CCC3(C)C(CCC4(C)C3CC=C3C5CC(C)(C)CCC5(C(=O)OC5OCC(O)C(O)C5OC5OC(C)C(OC6OC(CO)C(O)C(O)C6O)C(O)C5O)C(O)CC34C)C2(C)C)C(O)C(O)C1OC1OCC(O)C(O)C1O.CCOc1ccc(Cc2nccc3cc(OCC)c(OCC)cc23)cc1OCC.Cl. The second-order valence-corrected chi connectivity index (χ2v) is 34.7.